The zero-order valence-electron chi connectivity index (χ0n) is 21.1. The fourth-order valence-electron chi connectivity index (χ4n) is 5.02. The van der Waals surface area contributed by atoms with Crippen molar-refractivity contribution < 1.29 is 19.1 Å². The molecule has 2 heterocycles. The van der Waals surface area contributed by atoms with E-state index in [1.807, 2.05) is 12.1 Å². The number of rotatable bonds is 4. The van der Waals surface area contributed by atoms with Crippen LogP contribution in [0.5, 0.6) is 5.75 Å². The quantitative estimate of drug-likeness (QED) is 0.584. The molecule has 2 aromatic rings. The van der Waals surface area contributed by atoms with Crippen LogP contribution in [-0.4, -0.2) is 42.2 Å². The molecule has 6 nitrogen and oxygen atoms in total. The van der Waals surface area contributed by atoms with Crippen molar-refractivity contribution >= 4 is 17.7 Å². The fraction of sp³-hybridized carbons (Fsp3) is 0.517. The Morgan fingerprint density at radius 3 is 2.37 bits per heavy atom. The van der Waals surface area contributed by atoms with Crippen LogP contribution in [-0.2, 0) is 16.0 Å². The molecule has 1 saturated heterocycles. The number of carbonyl (C=O) groups excluding carboxylic acids is 2. The van der Waals surface area contributed by atoms with Crippen molar-refractivity contribution in [2.75, 3.05) is 25.0 Å². The number of fused-ring (bicyclic) bond motifs is 1. The Bertz CT molecular complexity index is 1090. The fourth-order valence-corrected chi connectivity index (χ4v) is 5.02. The summed E-state index contributed by atoms with van der Waals surface area (Å²) in [5, 5.41) is 3.03. The Kier molecular flexibility index (Phi) is 6.24. The maximum Gasteiger partial charge on any atom is 0.409 e. The van der Waals surface area contributed by atoms with Crippen LogP contribution < -0.4 is 10.1 Å². The topological polar surface area (TPSA) is 67.9 Å². The van der Waals surface area contributed by atoms with E-state index in [1.165, 1.54) is 5.56 Å². The maximum absolute atomic E-state index is 12.4. The SMILES string of the molecule is CC(C)(C)COC(=O)N1CCC2(CC1)Cc1cc(-c3ccc(NC(=O)C4CCC4)cc3)ccc1O2. The van der Waals surface area contributed by atoms with Crippen molar-refractivity contribution in [2.45, 2.75) is 64.9 Å². The van der Waals surface area contributed by atoms with Crippen molar-refractivity contribution in [3.8, 4) is 16.9 Å². The van der Waals surface area contributed by atoms with Crippen LogP contribution in [0.4, 0.5) is 10.5 Å². The van der Waals surface area contributed by atoms with Crippen LogP contribution in [0.1, 0.15) is 58.4 Å². The van der Waals surface area contributed by atoms with Crippen LogP contribution in [0, 0.1) is 11.3 Å². The summed E-state index contributed by atoms with van der Waals surface area (Å²) in [6.07, 6.45) is 5.40. The highest BCUT2D eigenvalue weighted by atomic mass is 16.6. The molecule has 1 saturated carbocycles. The van der Waals surface area contributed by atoms with Crippen molar-refractivity contribution in [3.63, 3.8) is 0 Å². The van der Waals surface area contributed by atoms with Gasteiger partial charge >= 0.3 is 6.09 Å². The van der Waals surface area contributed by atoms with Gasteiger partial charge in [0.25, 0.3) is 0 Å². The number of benzene rings is 2. The average Bonchev–Trinajstić information content (AvgIpc) is 3.13. The summed E-state index contributed by atoms with van der Waals surface area (Å²) in [6.45, 7) is 7.91. The summed E-state index contributed by atoms with van der Waals surface area (Å²) in [5.74, 6) is 1.26. The van der Waals surface area contributed by atoms with E-state index >= 15 is 0 Å². The molecule has 3 aliphatic rings. The van der Waals surface area contributed by atoms with Gasteiger partial charge in [-0.2, -0.15) is 0 Å². The summed E-state index contributed by atoms with van der Waals surface area (Å²) in [7, 11) is 0. The van der Waals surface area contributed by atoms with Crippen LogP contribution in [0.2, 0.25) is 0 Å². The minimum atomic E-state index is -0.239. The lowest BCUT2D eigenvalue weighted by Crippen LogP contribution is -2.49. The van der Waals surface area contributed by atoms with Gasteiger partial charge in [-0.15, -0.1) is 0 Å². The van der Waals surface area contributed by atoms with Gasteiger partial charge in [0.2, 0.25) is 5.91 Å². The Hall–Kier alpha value is -3.02. The highest BCUT2D eigenvalue weighted by Crippen LogP contribution is 2.42. The number of likely N-dealkylation sites (tertiary alicyclic amines) is 1. The Balaban J connectivity index is 1.19. The number of carbonyl (C=O) groups is 2. The monoisotopic (exact) mass is 476 g/mol. The number of hydrogen-bond donors (Lipinski definition) is 1. The molecule has 0 atom stereocenters. The van der Waals surface area contributed by atoms with E-state index < -0.39 is 0 Å². The lowest BCUT2D eigenvalue weighted by molar-refractivity contribution is -0.122. The van der Waals surface area contributed by atoms with Crippen LogP contribution in [0.3, 0.4) is 0 Å². The predicted molar refractivity (Wildman–Crippen MR) is 137 cm³/mol. The highest BCUT2D eigenvalue weighted by Gasteiger charge is 2.43. The molecule has 0 bridgehead atoms. The highest BCUT2D eigenvalue weighted by molar-refractivity contribution is 5.93. The lowest BCUT2D eigenvalue weighted by atomic mass is 9.85. The summed E-state index contributed by atoms with van der Waals surface area (Å²) in [4.78, 5) is 26.4. The Labute approximate surface area is 208 Å². The number of ether oxygens (including phenoxy) is 2. The minimum Gasteiger partial charge on any atom is -0.487 e. The second-order valence-electron chi connectivity index (χ2n) is 11.6. The molecule has 2 aliphatic heterocycles. The molecule has 0 aromatic heterocycles. The molecule has 0 radical (unpaired) electrons. The molecule has 2 fully saturated rings. The predicted octanol–water partition coefficient (Wildman–Crippen LogP) is 6.04. The second-order valence-corrected chi connectivity index (χ2v) is 11.6. The van der Waals surface area contributed by atoms with Crippen molar-refractivity contribution in [2.24, 2.45) is 11.3 Å². The Morgan fingerprint density at radius 2 is 1.74 bits per heavy atom. The van der Waals surface area contributed by atoms with E-state index in [1.54, 1.807) is 4.90 Å². The largest absolute Gasteiger partial charge is 0.487 e. The summed E-state index contributed by atoms with van der Waals surface area (Å²) in [5.41, 5.74) is 4.05. The molecular formula is C29H36N2O4. The summed E-state index contributed by atoms with van der Waals surface area (Å²) in [6, 6.07) is 14.5. The van der Waals surface area contributed by atoms with Gasteiger partial charge in [-0.05, 0) is 59.2 Å². The first-order chi connectivity index (χ1) is 16.7. The number of nitrogens with zero attached hydrogens (tertiary/aromatic N) is 1. The number of hydrogen-bond acceptors (Lipinski definition) is 4. The lowest BCUT2D eigenvalue weighted by Gasteiger charge is -2.38. The minimum absolute atomic E-state index is 0.0368. The molecule has 0 unspecified atom stereocenters. The van der Waals surface area contributed by atoms with E-state index in [4.69, 9.17) is 9.47 Å². The third-order valence-corrected chi connectivity index (χ3v) is 7.42. The van der Waals surface area contributed by atoms with Crippen LogP contribution in [0.25, 0.3) is 11.1 Å². The van der Waals surface area contributed by atoms with Crippen molar-refractivity contribution in [1.29, 1.82) is 0 Å². The number of amides is 2. The van der Waals surface area contributed by atoms with Gasteiger partial charge < -0.3 is 19.7 Å². The number of anilines is 1. The van der Waals surface area contributed by atoms with Crippen LogP contribution in [0.15, 0.2) is 42.5 Å². The first kappa shape index (κ1) is 23.7. The molecule has 186 valence electrons. The van der Waals surface area contributed by atoms with Gasteiger partial charge in [0, 0.05) is 44.0 Å². The zero-order chi connectivity index (χ0) is 24.6. The molecule has 6 heteroatoms. The molecule has 5 rings (SSSR count). The van der Waals surface area contributed by atoms with Gasteiger partial charge in [-0.25, -0.2) is 4.79 Å². The zero-order valence-corrected chi connectivity index (χ0v) is 21.1. The number of piperidine rings is 1. The summed E-state index contributed by atoms with van der Waals surface area (Å²) >= 11 is 0. The average molecular weight is 477 g/mol. The first-order valence-electron chi connectivity index (χ1n) is 12.8. The molecule has 35 heavy (non-hydrogen) atoms. The van der Waals surface area contributed by atoms with Crippen molar-refractivity contribution in [1.82, 2.24) is 4.90 Å². The van der Waals surface area contributed by atoms with Gasteiger partial charge in [0.1, 0.15) is 11.4 Å². The van der Waals surface area contributed by atoms with Gasteiger partial charge in [-0.1, -0.05) is 45.4 Å². The number of nitrogens with one attached hydrogen (secondary N) is 1. The van der Waals surface area contributed by atoms with E-state index in [9.17, 15) is 9.59 Å². The smallest absolute Gasteiger partial charge is 0.409 e. The first-order valence-corrected chi connectivity index (χ1v) is 12.8. The van der Waals surface area contributed by atoms with E-state index in [2.05, 4.69) is 56.4 Å². The van der Waals surface area contributed by atoms with E-state index in [-0.39, 0.29) is 28.9 Å². The molecule has 2 amide bonds. The van der Waals surface area contributed by atoms with Gasteiger partial charge in [0.15, 0.2) is 0 Å². The standard InChI is InChI=1S/C29H36N2O4/c1-28(2,3)19-34-27(33)31-15-13-29(14-16-31)18-23-17-22(9-12-25(23)35-29)20-7-10-24(11-8-20)30-26(32)21-5-4-6-21/h7-12,17,21H,4-6,13-16,18-19H2,1-3H3,(H,30,32). The Morgan fingerprint density at radius 1 is 1.06 bits per heavy atom. The van der Waals surface area contributed by atoms with E-state index in [0.717, 1.165) is 61.1 Å². The summed E-state index contributed by atoms with van der Waals surface area (Å²) < 4.78 is 11.9. The third-order valence-electron chi connectivity index (χ3n) is 7.42. The van der Waals surface area contributed by atoms with Gasteiger partial charge in [0.05, 0.1) is 6.61 Å². The molecular weight excluding hydrogens is 440 g/mol. The maximum atomic E-state index is 12.4. The molecule has 1 spiro atoms. The molecule has 1 aliphatic carbocycles. The molecule has 2 aromatic carbocycles. The van der Waals surface area contributed by atoms with Crippen molar-refractivity contribution in [3.05, 3.63) is 48.0 Å². The van der Waals surface area contributed by atoms with E-state index in [0.29, 0.717) is 19.7 Å². The molecule has 1 N–H and O–H groups in total. The third kappa shape index (κ3) is 5.31. The van der Waals surface area contributed by atoms with Crippen LogP contribution >= 0.6 is 0 Å². The normalized spacial score (nSPS) is 19.0. The second kappa shape index (κ2) is 9.21. The van der Waals surface area contributed by atoms with Gasteiger partial charge in [-0.3, -0.25) is 4.79 Å².